The minimum Gasteiger partial charge on any atom is -0.497 e. The Balaban J connectivity index is 1.51. The van der Waals surface area contributed by atoms with E-state index in [2.05, 4.69) is 5.32 Å². The lowest BCUT2D eigenvalue weighted by Gasteiger charge is -2.11. The number of hydrogen-bond acceptors (Lipinski definition) is 8. The Hall–Kier alpha value is -4.58. The smallest absolute Gasteiger partial charge is 0.349 e. The maximum Gasteiger partial charge on any atom is 0.349 e. The molecule has 0 saturated carbocycles. The molecule has 180 valence electrons. The van der Waals surface area contributed by atoms with Crippen LogP contribution >= 0.6 is 0 Å². The van der Waals surface area contributed by atoms with Crippen molar-refractivity contribution in [2.24, 2.45) is 0 Å². The molecule has 35 heavy (non-hydrogen) atoms. The van der Waals surface area contributed by atoms with Crippen LogP contribution in [-0.4, -0.2) is 46.2 Å². The van der Waals surface area contributed by atoms with Gasteiger partial charge >= 0.3 is 11.6 Å². The second-order valence-corrected chi connectivity index (χ2v) is 7.75. The number of nitrogens with zero attached hydrogens (tertiary/aromatic N) is 2. The first-order chi connectivity index (χ1) is 16.8. The summed E-state index contributed by atoms with van der Waals surface area (Å²) < 4.78 is 15.5. The molecule has 0 saturated heterocycles. The van der Waals surface area contributed by atoms with E-state index in [0.29, 0.717) is 28.7 Å². The summed E-state index contributed by atoms with van der Waals surface area (Å²) in [5.41, 5.74) is 0.979. The maximum absolute atomic E-state index is 12.4. The average Bonchev–Trinajstić information content (AvgIpc) is 2.86. The van der Waals surface area contributed by atoms with Crippen molar-refractivity contribution < 1.29 is 23.5 Å². The first-order valence-corrected chi connectivity index (χ1v) is 10.8. The van der Waals surface area contributed by atoms with Gasteiger partial charge in [-0.3, -0.25) is 4.79 Å². The summed E-state index contributed by atoms with van der Waals surface area (Å²) in [6, 6.07) is 15.6. The lowest BCUT2D eigenvalue weighted by molar-refractivity contribution is -0.138. The van der Waals surface area contributed by atoms with E-state index in [1.807, 2.05) is 37.2 Å². The molecule has 0 aliphatic heterocycles. The molecule has 3 rings (SSSR count). The number of carbonyl (C=O) groups excluding carboxylic acids is 2. The van der Waals surface area contributed by atoms with E-state index in [1.165, 1.54) is 19.3 Å². The predicted octanol–water partition coefficient (Wildman–Crippen LogP) is 3.14. The van der Waals surface area contributed by atoms with Crippen LogP contribution in [-0.2, 0) is 9.53 Å². The van der Waals surface area contributed by atoms with Gasteiger partial charge in [-0.05, 0) is 48.4 Å². The van der Waals surface area contributed by atoms with Crippen LogP contribution in [0.2, 0.25) is 0 Å². The van der Waals surface area contributed by atoms with E-state index < -0.39 is 17.5 Å². The van der Waals surface area contributed by atoms with E-state index in [1.54, 1.807) is 30.3 Å². The zero-order valence-electron chi connectivity index (χ0n) is 19.7. The maximum atomic E-state index is 12.4. The van der Waals surface area contributed by atoms with Crippen LogP contribution in [0.15, 0.2) is 63.3 Å². The zero-order valence-corrected chi connectivity index (χ0v) is 19.7. The summed E-state index contributed by atoms with van der Waals surface area (Å²) in [6.07, 6.45) is 1.75. The highest BCUT2D eigenvalue weighted by molar-refractivity contribution is 5.98. The van der Waals surface area contributed by atoms with Gasteiger partial charge in [0.05, 0.1) is 13.7 Å². The second-order valence-electron chi connectivity index (χ2n) is 7.75. The number of fused-ring (bicyclic) bond motifs is 1. The molecule has 1 amide bonds. The van der Waals surface area contributed by atoms with E-state index in [-0.39, 0.29) is 24.3 Å². The largest absolute Gasteiger partial charge is 0.497 e. The quantitative estimate of drug-likeness (QED) is 0.165. The van der Waals surface area contributed by atoms with Crippen LogP contribution < -0.4 is 20.6 Å². The van der Waals surface area contributed by atoms with Crippen LogP contribution in [0.1, 0.15) is 22.3 Å². The standard InChI is InChI=1S/C26H25N3O6/c1-29(2)20-8-5-17(6-9-20)13-19(16-27)25(31)34-12-4-11-28-24(30)22-14-18-7-10-21(33-3)15-23(18)35-26(22)32/h5-10,13-15H,4,11-12H2,1-3H3,(H,28,30)/b19-13+. The van der Waals surface area contributed by atoms with Gasteiger partial charge in [0.2, 0.25) is 0 Å². The fourth-order valence-corrected chi connectivity index (χ4v) is 3.16. The molecular weight excluding hydrogens is 450 g/mol. The monoisotopic (exact) mass is 475 g/mol. The number of amides is 1. The van der Waals surface area contributed by atoms with Crippen molar-refractivity contribution in [3.63, 3.8) is 0 Å². The minimum atomic E-state index is -0.767. The molecule has 9 nitrogen and oxygen atoms in total. The van der Waals surface area contributed by atoms with Gasteiger partial charge in [0.1, 0.15) is 28.5 Å². The number of esters is 1. The summed E-state index contributed by atoms with van der Waals surface area (Å²) in [5.74, 6) is -0.813. The van der Waals surface area contributed by atoms with Gasteiger partial charge in [-0.1, -0.05) is 12.1 Å². The number of nitriles is 1. The SMILES string of the molecule is COc1ccc2cc(C(=O)NCCCOC(=O)/C(C#N)=C/c3ccc(N(C)C)cc3)c(=O)oc2c1. The van der Waals surface area contributed by atoms with Crippen molar-refractivity contribution in [2.75, 3.05) is 39.3 Å². The Morgan fingerprint density at radius 3 is 2.54 bits per heavy atom. The molecule has 0 spiro atoms. The van der Waals surface area contributed by atoms with Crippen LogP contribution in [0, 0.1) is 11.3 Å². The van der Waals surface area contributed by atoms with Gasteiger partial charge < -0.3 is 24.1 Å². The predicted molar refractivity (Wildman–Crippen MR) is 131 cm³/mol. The molecule has 0 unspecified atom stereocenters. The van der Waals surface area contributed by atoms with Gasteiger partial charge in [0, 0.05) is 37.8 Å². The van der Waals surface area contributed by atoms with E-state index in [9.17, 15) is 19.6 Å². The summed E-state index contributed by atoms with van der Waals surface area (Å²) in [7, 11) is 5.33. The highest BCUT2D eigenvalue weighted by Gasteiger charge is 2.14. The summed E-state index contributed by atoms with van der Waals surface area (Å²) in [6.45, 7) is 0.146. The van der Waals surface area contributed by atoms with Gasteiger partial charge in [-0.15, -0.1) is 0 Å². The summed E-state index contributed by atoms with van der Waals surface area (Å²) in [4.78, 5) is 38.7. The molecule has 3 aromatic rings. The van der Waals surface area contributed by atoms with Crippen molar-refractivity contribution in [3.05, 3.63) is 75.7 Å². The number of hydrogen-bond donors (Lipinski definition) is 1. The van der Waals surface area contributed by atoms with Crippen LogP contribution in [0.5, 0.6) is 5.75 Å². The Morgan fingerprint density at radius 1 is 1.14 bits per heavy atom. The van der Waals surface area contributed by atoms with Gasteiger partial charge in [-0.25, -0.2) is 9.59 Å². The van der Waals surface area contributed by atoms with Gasteiger partial charge in [-0.2, -0.15) is 5.26 Å². The average molecular weight is 476 g/mol. The van der Waals surface area contributed by atoms with Crippen LogP contribution in [0.3, 0.4) is 0 Å². The minimum absolute atomic E-state index is 0.0101. The Bertz CT molecular complexity index is 1350. The fourth-order valence-electron chi connectivity index (χ4n) is 3.16. The van der Waals surface area contributed by atoms with Crippen molar-refractivity contribution in [1.82, 2.24) is 5.32 Å². The molecule has 0 bridgehead atoms. The summed E-state index contributed by atoms with van der Waals surface area (Å²) >= 11 is 0. The molecule has 0 aliphatic carbocycles. The first-order valence-electron chi connectivity index (χ1n) is 10.8. The third-order valence-corrected chi connectivity index (χ3v) is 5.09. The van der Waals surface area contributed by atoms with Crippen LogP contribution in [0.25, 0.3) is 17.0 Å². The molecule has 0 fully saturated rings. The molecule has 1 heterocycles. The van der Waals surface area contributed by atoms with Gasteiger partial charge in [0.15, 0.2) is 0 Å². The lowest BCUT2D eigenvalue weighted by Crippen LogP contribution is -2.29. The highest BCUT2D eigenvalue weighted by Crippen LogP contribution is 2.20. The molecule has 9 heteroatoms. The van der Waals surface area contributed by atoms with E-state index in [4.69, 9.17) is 13.9 Å². The number of anilines is 1. The second kappa shape index (κ2) is 11.5. The fraction of sp³-hybridized carbons (Fsp3) is 0.231. The topological polar surface area (TPSA) is 122 Å². The van der Waals surface area contributed by atoms with Crippen molar-refractivity contribution in [3.8, 4) is 11.8 Å². The number of methoxy groups -OCH3 is 1. The zero-order chi connectivity index (χ0) is 25.4. The molecule has 1 N–H and O–H groups in total. The Labute approximate surface area is 202 Å². The highest BCUT2D eigenvalue weighted by atomic mass is 16.5. The van der Waals surface area contributed by atoms with Crippen molar-refractivity contribution in [2.45, 2.75) is 6.42 Å². The Morgan fingerprint density at radius 2 is 1.89 bits per heavy atom. The van der Waals surface area contributed by atoms with E-state index >= 15 is 0 Å². The molecule has 0 aliphatic rings. The third kappa shape index (κ3) is 6.48. The first kappa shape index (κ1) is 25.1. The number of benzene rings is 2. The number of nitrogens with one attached hydrogen (secondary N) is 1. The number of ether oxygens (including phenoxy) is 2. The summed E-state index contributed by atoms with van der Waals surface area (Å²) in [5, 5.41) is 12.5. The lowest BCUT2D eigenvalue weighted by atomic mass is 10.1. The normalized spacial score (nSPS) is 11.0. The van der Waals surface area contributed by atoms with Crippen molar-refractivity contribution in [1.29, 1.82) is 5.26 Å². The number of carbonyl (C=O) groups is 2. The molecule has 0 radical (unpaired) electrons. The molecule has 1 aromatic heterocycles. The molecule has 0 atom stereocenters. The number of rotatable bonds is 9. The van der Waals surface area contributed by atoms with Crippen LogP contribution in [0.4, 0.5) is 5.69 Å². The van der Waals surface area contributed by atoms with Gasteiger partial charge in [0.25, 0.3) is 5.91 Å². The Kier molecular flexibility index (Phi) is 8.24. The third-order valence-electron chi connectivity index (χ3n) is 5.09. The molecular formula is C26H25N3O6. The van der Waals surface area contributed by atoms with E-state index in [0.717, 1.165) is 5.69 Å². The van der Waals surface area contributed by atoms with Crippen molar-refractivity contribution >= 4 is 34.6 Å². The molecule has 2 aromatic carbocycles.